The second kappa shape index (κ2) is 10.3. The number of ether oxygens (including phenoxy) is 2. The third-order valence-electron chi connectivity index (χ3n) is 4.15. The van der Waals surface area contributed by atoms with E-state index in [0.717, 1.165) is 0 Å². The van der Waals surface area contributed by atoms with Gasteiger partial charge in [-0.1, -0.05) is 6.92 Å². The second-order valence-corrected chi connectivity index (χ2v) is 6.07. The number of rotatable bonds is 9. The number of likely N-dealkylation sites (N-methyl/N-ethyl adjacent to an activating group) is 1. The molecule has 1 heterocycles. The maximum Gasteiger partial charge on any atom is 0.337 e. The Balaban J connectivity index is 2.03. The molecule has 0 aromatic heterocycles. The standard InChI is InChI=1S/C19H26N4O5/c1-4-23(12-17(24)21-13-6-8-14(27-3)9-7-13)11-16-15(18(25)28-5-2)10-20-19(26)22-16/h6-9H,4-5,10-12H2,1-3H3,(H,21,24)(H2,20,22,26). The summed E-state index contributed by atoms with van der Waals surface area (Å²) < 4.78 is 10.1. The van der Waals surface area contributed by atoms with E-state index in [1.165, 1.54) is 0 Å². The number of amides is 3. The second-order valence-electron chi connectivity index (χ2n) is 6.07. The van der Waals surface area contributed by atoms with Crippen LogP contribution in [0.15, 0.2) is 35.5 Å². The van der Waals surface area contributed by atoms with Crippen LogP contribution in [-0.2, 0) is 14.3 Å². The van der Waals surface area contributed by atoms with Gasteiger partial charge in [0.05, 0.1) is 32.4 Å². The lowest BCUT2D eigenvalue weighted by Crippen LogP contribution is -2.47. The van der Waals surface area contributed by atoms with Crippen molar-refractivity contribution in [1.29, 1.82) is 0 Å². The Morgan fingerprint density at radius 3 is 2.54 bits per heavy atom. The van der Waals surface area contributed by atoms with Crippen LogP contribution < -0.4 is 20.7 Å². The highest BCUT2D eigenvalue weighted by atomic mass is 16.5. The first-order chi connectivity index (χ1) is 13.5. The van der Waals surface area contributed by atoms with Crippen molar-refractivity contribution < 1.29 is 23.9 Å². The zero-order valence-electron chi connectivity index (χ0n) is 16.3. The van der Waals surface area contributed by atoms with Gasteiger partial charge in [-0.25, -0.2) is 9.59 Å². The Morgan fingerprint density at radius 2 is 1.93 bits per heavy atom. The fourth-order valence-electron chi connectivity index (χ4n) is 2.66. The van der Waals surface area contributed by atoms with Gasteiger partial charge in [0, 0.05) is 17.9 Å². The van der Waals surface area contributed by atoms with Crippen molar-refractivity contribution in [3.63, 3.8) is 0 Å². The normalized spacial score (nSPS) is 13.6. The van der Waals surface area contributed by atoms with Crippen molar-refractivity contribution >= 4 is 23.6 Å². The molecule has 0 unspecified atom stereocenters. The monoisotopic (exact) mass is 390 g/mol. The first-order valence-corrected chi connectivity index (χ1v) is 9.07. The van der Waals surface area contributed by atoms with E-state index in [1.807, 2.05) is 11.8 Å². The van der Waals surface area contributed by atoms with Gasteiger partial charge < -0.3 is 25.4 Å². The maximum atomic E-state index is 12.4. The topological polar surface area (TPSA) is 109 Å². The highest BCUT2D eigenvalue weighted by molar-refractivity contribution is 5.94. The van der Waals surface area contributed by atoms with Crippen molar-refractivity contribution in [2.75, 3.05) is 45.2 Å². The zero-order chi connectivity index (χ0) is 20.5. The van der Waals surface area contributed by atoms with E-state index < -0.39 is 5.97 Å². The molecule has 1 aliphatic rings. The Morgan fingerprint density at radius 1 is 1.21 bits per heavy atom. The van der Waals surface area contributed by atoms with E-state index in [-0.39, 0.29) is 38.2 Å². The number of anilines is 1. The number of nitrogens with zero attached hydrogens (tertiary/aromatic N) is 1. The summed E-state index contributed by atoms with van der Waals surface area (Å²) >= 11 is 0. The zero-order valence-corrected chi connectivity index (χ0v) is 16.3. The molecule has 0 spiro atoms. The Hall–Kier alpha value is -3.07. The fraction of sp³-hybridized carbons (Fsp3) is 0.421. The van der Waals surface area contributed by atoms with Crippen molar-refractivity contribution in [3.8, 4) is 5.75 Å². The first kappa shape index (κ1) is 21.2. The number of carbonyl (C=O) groups is 3. The lowest BCUT2D eigenvalue weighted by Gasteiger charge is -2.26. The van der Waals surface area contributed by atoms with Crippen molar-refractivity contribution in [2.45, 2.75) is 13.8 Å². The maximum absolute atomic E-state index is 12.4. The average molecular weight is 390 g/mol. The molecule has 152 valence electrons. The average Bonchev–Trinajstić information content (AvgIpc) is 2.68. The summed E-state index contributed by atoms with van der Waals surface area (Å²) in [6, 6.07) is 6.63. The van der Waals surface area contributed by atoms with Crippen LogP contribution in [-0.4, -0.2) is 62.7 Å². The van der Waals surface area contributed by atoms with Gasteiger partial charge in [-0.15, -0.1) is 0 Å². The number of hydrogen-bond donors (Lipinski definition) is 3. The summed E-state index contributed by atoms with van der Waals surface area (Å²) in [5, 5.41) is 8.02. The smallest absolute Gasteiger partial charge is 0.337 e. The summed E-state index contributed by atoms with van der Waals surface area (Å²) in [4.78, 5) is 38.0. The van der Waals surface area contributed by atoms with E-state index in [2.05, 4.69) is 16.0 Å². The summed E-state index contributed by atoms with van der Waals surface area (Å²) in [6.07, 6.45) is 0. The van der Waals surface area contributed by atoms with E-state index in [4.69, 9.17) is 9.47 Å². The predicted octanol–water partition coefficient (Wildman–Crippen LogP) is 1.09. The molecule has 3 N–H and O–H groups in total. The minimum atomic E-state index is -0.483. The van der Waals surface area contributed by atoms with Gasteiger partial charge in [0.2, 0.25) is 5.91 Å². The van der Waals surface area contributed by atoms with Crippen LogP contribution >= 0.6 is 0 Å². The van der Waals surface area contributed by atoms with Gasteiger partial charge in [-0.05, 0) is 37.7 Å². The molecule has 9 heteroatoms. The van der Waals surface area contributed by atoms with Crippen molar-refractivity contribution in [1.82, 2.24) is 15.5 Å². The van der Waals surface area contributed by atoms with Crippen molar-refractivity contribution in [2.24, 2.45) is 0 Å². The van der Waals surface area contributed by atoms with E-state index >= 15 is 0 Å². The molecule has 1 aliphatic heterocycles. The third-order valence-corrected chi connectivity index (χ3v) is 4.15. The van der Waals surface area contributed by atoms with Crippen LogP contribution in [0, 0.1) is 0 Å². The molecule has 0 aliphatic carbocycles. The third kappa shape index (κ3) is 5.98. The van der Waals surface area contributed by atoms with Crippen LogP contribution in [0.4, 0.5) is 10.5 Å². The highest BCUT2D eigenvalue weighted by Crippen LogP contribution is 2.15. The van der Waals surface area contributed by atoms with E-state index in [0.29, 0.717) is 29.3 Å². The minimum absolute atomic E-state index is 0.0929. The lowest BCUT2D eigenvalue weighted by atomic mass is 10.1. The Labute approximate surface area is 164 Å². The summed E-state index contributed by atoms with van der Waals surface area (Å²) in [7, 11) is 1.57. The van der Waals surface area contributed by atoms with E-state index in [1.54, 1.807) is 38.3 Å². The SMILES string of the molecule is CCOC(=O)C1=C(CN(CC)CC(=O)Nc2ccc(OC)cc2)NC(=O)NC1. The first-order valence-electron chi connectivity index (χ1n) is 9.07. The van der Waals surface area contributed by atoms with Crippen LogP contribution in [0.1, 0.15) is 13.8 Å². The molecule has 0 fully saturated rings. The number of nitrogens with one attached hydrogen (secondary N) is 3. The molecule has 9 nitrogen and oxygen atoms in total. The van der Waals surface area contributed by atoms with Crippen molar-refractivity contribution in [3.05, 3.63) is 35.5 Å². The molecule has 2 rings (SSSR count). The molecule has 0 saturated heterocycles. The molecule has 0 atom stereocenters. The van der Waals surface area contributed by atoms with Gasteiger partial charge in [-0.3, -0.25) is 9.69 Å². The highest BCUT2D eigenvalue weighted by Gasteiger charge is 2.25. The van der Waals surface area contributed by atoms with Gasteiger partial charge in [0.25, 0.3) is 0 Å². The molecule has 28 heavy (non-hydrogen) atoms. The van der Waals surface area contributed by atoms with Crippen LogP contribution in [0.2, 0.25) is 0 Å². The van der Waals surface area contributed by atoms with Gasteiger partial charge in [-0.2, -0.15) is 0 Å². The van der Waals surface area contributed by atoms with E-state index in [9.17, 15) is 14.4 Å². The molecule has 3 amide bonds. The van der Waals surface area contributed by atoms with Gasteiger partial charge >= 0.3 is 12.0 Å². The van der Waals surface area contributed by atoms with Crippen LogP contribution in [0.5, 0.6) is 5.75 Å². The number of urea groups is 1. The van der Waals surface area contributed by atoms with Gasteiger partial charge in [0.15, 0.2) is 0 Å². The number of carbonyl (C=O) groups excluding carboxylic acids is 3. The lowest BCUT2D eigenvalue weighted by molar-refractivity contribution is -0.138. The van der Waals surface area contributed by atoms with Gasteiger partial charge in [0.1, 0.15) is 5.75 Å². The molecule has 1 aromatic rings. The molecule has 0 radical (unpaired) electrons. The predicted molar refractivity (Wildman–Crippen MR) is 104 cm³/mol. The largest absolute Gasteiger partial charge is 0.497 e. The molecule has 0 saturated carbocycles. The summed E-state index contributed by atoms with van der Waals surface area (Å²) in [5.74, 6) is 0.0163. The molecular weight excluding hydrogens is 364 g/mol. The molecule has 1 aromatic carbocycles. The quantitative estimate of drug-likeness (QED) is 0.545. The molecular formula is C19H26N4O5. The number of hydrogen-bond acceptors (Lipinski definition) is 6. The van der Waals surface area contributed by atoms with Crippen LogP contribution in [0.3, 0.4) is 0 Å². The Kier molecular flexibility index (Phi) is 7.82. The number of benzene rings is 1. The van der Waals surface area contributed by atoms with Crippen LogP contribution in [0.25, 0.3) is 0 Å². The molecule has 0 bridgehead atoms. The number of esters is 1. The minimum Gasteiger partial charge on any atom is -0.497 e. The fourth-order valence-corrected chi connectivity index (χ4v) is 2.66. The summed E-state index contributed by atoms with van der Waals surface area (Å²) in [6.45, 7) is 4.85. The Bertz CT molecular complexity index is 745. The summed E-state index contributed by atoms with van der Waals surface area (Å²) in [5.41, 5.74) is 1.46. The number of methoxy groups -OCH3 is 1.